The average molecular weight is 326 g/mol. The highest BCUT2D eigenvalue weighted by molar-refractivity contribution is 5.81. The monoisotopic (exact) mass is 326 g/mol. The topological polar surface area (TPSA) is 86.7 Å². The second-order valence-electron chi connectivity index (χ2n) is 5.24. The number of fused-ring (bicyclic) bond motifs is 1. The third-order valence-electron chi connectivity index (χ3n) is 3.57. The average Bonchev–Trinajstić information content (AvgIpc) is 3.30. The van der Waals surface area contributed by atoms with Crippen molar-refractivity contribution in [1.82, 2.24) is 10.5 Å². The van der Waals surface area contributed by atoms with Crippen LogP contribution in [0.1, 0.15) is 5.69 Å². The van der Waals surface area contributed by atoms with Crippen LogP contribution in [0.3, 0.4) is 0 Å². The molecule has 24 heavy (non-hydrogen) atoms. The summed E-state index contributed by atoms with van der Waals surface area (Å²) in [7, 11) is 0. The highest BCUT2D eigenvalue weighted by atomic mass is 16.6. The number of ether oxygens (including phenoxy) is 2. The Kier molecular flexibility index (Phi) is 3.66. The Balaban J connectivity index is 1.36. The molecule has 2 aromatic heterocycles. The summed E-state index contributed by atoms with van der Waals surface area (Å²) >= 11 is 0. The van der Waals surface area contributed by atoms with Crippen molar-refractivity contribution in [3.63, 3.8) is 0 Å². The van der Waals surface area contributed by atoms with Gasteiger partial charge in [-0.1, -0.05) is 17.3 Å². The number of hydrogen-bond acceptors (Lipinski definition) is 6. The van der Waals surface area contributed by atoms with E-state index in [-0.39, 0.29) is 19.1 Å². The summed E-state index contributed by atoms with van der Waals surface area (Å²) in [5.74, 6) is 2.02. The predicted molar refractivity (Wildman–Crippen MR) is 82.4 cm³/mol. The number of rotatable bonds is 4. The Morgan fingerprint density at radius 1 is 1.17 bits per heavy atom. The SMILES string of the molecule is O=C(NCc1cc(-c2ccco2)on1)[C@H]1COc2ccccc2O1. The van der Waals surface area contributed by atoms with Crippen molar-refractivity contribution in [2.75, 3.05) is 6.61 Å². The van der Waals surface area contributed by atoms with E-state index >= 15 is 0 Å². The first kappa shape index (κ1) is 14.4. The van der Waals surface area contributed by atoms with Crippen LogP contribution >= 0.6 is 0 Å². The van der Waals surface area contributed by atoms with E-state index in [4.69, 9.17) is 18.4 Å². The lowest BCUT2D eigenvalue weighted by Crippen LogP contribution is -2.43. The first-order valence-electron chi connectivity index (χ1n) is 7.45. The maximum atomic E-state index is 12.2. The largest absolute Gasteiger partial charge is 0.485 e. The molecule has 0 radical (unpaired) electrons. The highest BCUT2D eigenvalue weighted by Crippen LogP contribution is 2.30. The van der Waals surface area contributed by atoms with Crippen molar-refractivity contribution in [3.8, 4) is 23.0 Å². The van der Waals surface area contributed by atoms with Crippen LogP contribution in [-0.2, 0) is 11.3 Å². The van der Waals surface area contributed by atoms with Crippen LogP contribution in [0, 0.1) is 0 Å². The molecule has 3 heterocycles. The Hall–Kier alpha value is -3.22. The predicted octanol–water partition coefficient (Wildman–Crippen LogP) is 2.39. The van der Waals surface area contributed by atoms with Gasteiger partial charge in [0.1, 0.15) is 12.3 Å². The van der Waals surface area contributed by atoms with Crippen molar-refractivity contribution in [3.05, 3.63) is 54.4 Å². The third-order valence-corrected chi connectivity index (χ3v) is 3.57. The Morgan fingerprint density at radius 3 is 2.88 bits per heavy atom. The van der Waals surface area contributed by atoms with E-state index in [9.17, 15) is 4.79 Å². The first-order chi connectivity index (χ1) is 11.8. The van der Waals surface area contributed by atoms with E-state index in [1.807, 2.05) is 12.1 Å². The lowest BCUT2D eigenvalue weighted by atomic mass is 10.2. The lowest BCUT2D eigenvalue weighted by Gasteiger charge is -2.25. The molecule has 4 rings (SSSR count). The van der Waals surface area contributed by atoms with Gasteiger partial charge < -0.3 is 23.7 Å². The van der Waals surface area contributed by atoms with Crippen molar-refractivity contribution in [2.24, 2.45) is 0 Å². The fourth-order valence-corrected chi connectivity index (χ4v) is 2.37. The highest BCUT2D eigenvalue weighted by Gasteiger charge is 2.27. The van der Waals surface area contributed by atoms with Gasteiger partial charge in [-0.05, 0) is 24.3 Å². The lowest BCUT2D eigenvalue weighted by molar-refractivity contribution is -0.130. The van der Waals surface area contributed by atoms with Gasteiger partial charge in [0, 0.05) is 6.07 Å². The number of carbonyl (C=O) groups excluding carboxylic acids is 1. The zero-order valence-electron chi connectivity index (χ0n) is 12.6. The smallest absolute Gasteiger partial charge is 0.265 e. The maximum Gasteiger partial charge on any atom is 0.265 e. The van der Waals surface area contributed by atoms with E-state index in [2.05, 4.69) is 10.5 Å². The van der Waals surface area contributed by atoms with Crippen LogP contribution in [0.2, 0.25) is 0 Å². The molecule has 0 saturated heterocycles. The minimum Gasteiger partial charge on any atom is -0.485 e. The number of nitrogens with one attached hydrogen (secondary N) is 1. The number of para-hydroxylation sites is 2. The van der Waals surface area contributed by atoms with Gasteiger partial charge in [-0.3, -0.25) is 4.79 Å². The molecule has 1 atom stereocenters. The number of carbonyl (C=O) groups is 1. The zero-order valence-corrected chi connectivity index (χ0v) is 12.6. The maximum absolute atomic E-state index is 12.2. The Morgan fingerprint density at radius 2 is 2.04 bits per heavy atom. The molecule has 1 N–H and O–H groups in total. The minimum atomic E-state index is -0.698. The molecule has 1 aliphatic rings. The van der Waals surface area contributed by atoms with Crippen LogP contribution in [0.4, 0.5) is 0 Å². The van der Waals surface area contributed by atoms with Crippen LogP contribution in [0.25, 0.3) is 11.5 Å². The fraction of sp³-hybridized carbons (Fsp3) is 0.176. The van der Waals surface area contributed by atoms with Crippen LogP contribution in [-0.4, -0.2) is 23.8 Å². The van der Waals surface area contributed by atoms with E-state index in [1.54, 1.807) is 36.6 Å². The summed E-state index contributed by atoms with van der Waals surface area (Å²) in [5, 5.41) is 6.66. The van der Waals surface area contributed by atoms with Gasteiger partial charge in [-0.15, -0.1) is 0 Å². The number of aromatic nitrogens is 1. The van der Waals surface area contributed by atoms with Crippen LogP contribution < -0.4 is 14.8 Å². The molecule has 0 unspecified atom stereocenters. The van der Waals surface area contributed by atoms with E-state index in [0.717, 1.165) is 0 Å². The van der Waals surface area contributed by atoms with E-state index in [0.29, 0.717) is 28.7 Å². The molecule has 0 fully saturated rings. The molecule has 122 valence electrons. The number of benzene rings is 1. The normalized spacial score (nSPS) is 15.9. The third kappa shape index (κ3) is 2.83. The molecule has 0 saturated carbocycles. The standard InChI is InChI=1S/C17H14N2O5/c20-17(16-10-22-12-4-1-2-5-14(12)23-16)18-9-11-8-15(24-19-11)13-6-3-7-21-13/h1-8,16H,9-10H2,(H,18,20)/t16-/m1/s1. The fourth-order valence-electron chi connectivity index (χ4n) is 2.37. The quantitative estimate of drug-likeness (QED) is 0.792. The molecule has 0 bridgehead atoms. The molecule has 1 aromatic carbocycles. The van der Waals surface area contributed by atoms with Gasteiger partial charge in [0.25, 0.3) is 5.91 Å². The van der Waals surface area contributed by atoms with Gasteiger partial charge in [0.05, 0.1) is 12.8 Å². The first-order valence-corrected chi connectivity index (χ1v) is 7.45. The molecule has 7 heteroatoms. The van der Waals surface area contributed by atoms with Gasteiger partial charge in [0.15, 0.2) is 17.3 Å². The number of furan rings is 1. The van der Waals surface area contributed by atoms with Crippen molar-refractivity contribution < 1.29 is 23.2 Å². The minimum absolute atomic E-state index is 0.166. The second-order valence-corrected chi connectivity index (χ2v) is 5.24. The molecular weight excluding hydrogens is 312 g/mol. The second kappa shape index (κ2) is 6.11. The van der Waals surface area contributed by atoms with Crippen molar-refractivity contribution >= 4 is 5.91 Å². The number of nitrogens with zero attached hydrogens (tertiary/aromatic N) is 1. The molecule has 3 aromatic rings. The molecule has 1 aliphatic heterocycles. The molecule has 7 nitrogen and oxygen atoms in total. The van der Waals surface area contributed by atoms with Gasteiger partial charge >= 0.3 is 0 Å². The Bertz CT molecular complexity index is 840. The Labute approximate surface area is 137 Å². The van der Waals surface area contributed by atoms with E-state index in [1.165, 1.54) is 0 Å². The number of hydrogen-bond donors (Lipinski definition) is 1. The van der Waals surface area contributed by atoms with Gasteiger partial charge in [-0.2, -0.15) is 0 Å². The van der Waals surface area contributed by atoms with Gasteiger partial charge in [-0.25, -0.2) is 0 Å². The summed E-state index contributed by atoms with van der Waals surface area (Å²) in [4.78, 5) is 12.2. The summed E-state index contributed by atoms with van der Waals surface area (Å²) in [5.41, 5.74) is 0.590. The summed E-state index contributed by atoms with van der Waals surface area (Å²) in [6.07, 6.45) is 0.855. The van der Waals surface area contributed by atoms with Crippen LogP contribution in [0.5, 0.6) is 11.5 Å². The molecule has 0 aliphatic carbocycles. The van der Waals surface area contributed by atoms with E-state index < -0.39 is 6.10 Å². The molecule has 0 spiro atoms. The number of amides is 1. The summed E-state index contributed by atoms with van der Waals surface area (Å²) in [6, 6.07) is 12.5. The van der Waals surface area contributed by atoms with Crippen LogP contribution in [0.15, 0.2) is 57.7 Å². The summed E-state index contributed by atoms with van der Waals surface area (Å²) in [6.45, 7) is 0.393. The van der Waals surface area contributed by atoms with Crippen molar-refractivity contribution in [1.29, 1.82) is 0 Å². The zero-order chi connectivity index (χ0) is 16.4. The summed E-state index contributed by atoms with van der Waals surface area (Å²) < 4.78 is 21.6. The molecule has 1 amide bonds. The molecular formula is C17H14N2O5. The van der Waals surface area contributed by atoms with Crippen molar-refractivity contribution in [2.45, 2.75) is 12.6 Å². The van der Waals surface area contributed by atoms with Gasteiger partial charge in [0.2, 0.25) is 11.9 Å².